The number of carbonyl (C=O) groups is 1. The molecular weight excluding hydrogens is 384 g/mol. The van der Waals surface area contributed by atoms with Crippen LogP contribution in [0.5, 0.6) is 0 Å². The second-order valence-corrected chi connectivity index (χ2v) is 7.17. The molecule has 1 amide bonds. The number of hydrogen-bond acceptors (Lipinski definition) is 3. The van der Waals surface area contributed by atoms with E-state index in [1.54, 1.807) is 28.9 Å². The van der Waals surface area contributed by atoms with Gasteiger partial charge in [0.15, 0.2) is 5.82 Å². The Labute approximate surface area is 174 Å². The van der Waals surface area contributed by atoms with Gasteiger partial charge in [-0.1, -0.05) is 71.8 Å². The molecule has 4 aromatic rings. The Bertz CT molecular complexity index is 1180. The minimum Gasteiger partial charge on any atom is -0.318 e. The normalized spacial score (nSPS) is 10.7. The summed E-state index contributed by atoms with van der Waals surface area (Å²) in [6, 6.07) is 22.8. The van der Waals surface area contributed by atoms with E-state index in [-0.39, 0.29) is 5.82 Å². The van der Waals surface area contributed by atoms with Crippen molar-refractivity contribution in [1.82, 2.24) is 14.8 Å². The first-order valence-electron chi connectivity index (χ1n) is 9.19. The van der Waals surface area contributed by atoms with E-state index < -0.39 is 5.91 Å². The Kier molecular flexibility index (Phi) is 5.14. The molecule has 0 aliphatic rings. The molecule has 4 rings (SSSR count). The fourth-order valence-electron chi connectivity index (χ4n) is 3.13. The second-order valence-electron chi connectivity index (χ2n) is 6.76. The molecular formula is C23H19ClN4O. The third-order valence-corrected chi connectivity index (χ3v) is 4.87. The number of amides is 1. The summed E-state index contributed by atoms with van der Waals surface area (Å²) in [6.07, 6.45) is 0. The molecule has 1 aromatic heterocycles. The molecule has 0 spiro atoms. The van der Waals surface area contributed by atoms with Crippen molar-refractivity contribution >= 4 is 23.2 Å². The lowest BCUT2D eigenvalue weighted by molar-refractivity contribution is 0.101. The monoisotopic (exact) mass is 402 g/mol. The Balaban J connectivity index is 1.79. The van der Waals surface area contributed by atoms with Crippen molar-refractivity contribution < 1.29 is 4.79 Å². The third-order valence-electron chi connectivity index (χ3n) is 4.54. The van der Waals surface area contributed by atoms with Crippen LogP contribution in [0.3, 0.4) is 0 Å². The standard InChI is InChI=1S/C23H19ClN4O/c1-15-12-13-20(16(2)14-15)28-22(17-8-4-3-5-9-17)26-21(27-28)23(29)25-19-11-7-6-10-18(19)24/h3-14H,1-2H3,(H,25,29). The van der Waals surface area contributed by atoms with Gasteiger partial charge in [0.05, 0.1) is 16.4 Å². The quantitative estimate of drug-likeness (QED) is 0.493. The van der Waals surface area contributed by atoms with Crippen molar-refractivity contribution in [2.75, 3.05) is 5.32 Å². The first-order chi connectivity index (χ1) is 14.0. The maximum atomic E-state index is 12.8. The molecule has 0 aliphatic heterocycles. The SMILES string of the molecule is Cc1ccc(-n2nc(C(=O)Nc3ccccc3Cl)nc2-c2ccccc2)c(C)c1. The van der Waals surface area contributed by atoms with E-state index in [9.17, 15) is 4.79 Å². The van der Waals surface area contributed by atoms with E-state index in [2.05, 4.69) is 21.5 Å². The minimum atomic E-state index is -0.418. The molecule has 0 unspecified atom stereocenters. The van der Waals surface area contributed by atoms with Gasteiger partial charge in [0.25, 0.3) is 5.91 Å². The van der Waals surface area contributed by atoms with E-state index in [0.29, 0.717) is 16.5 Å². The molecule has 144 valence electrons. The maximum absolute atomic E-state index is 12.8. The molecule has 3 aromatic carbocycles. The summed E-state index contributed by atoms with van der Waals surface area (Å²) in [5, 5.41) is 7.76. The second kappa shape index (κ2) is 7.89. The summed E-state index contributed by atoms with van der Waals surface area (Å²) in [6.45, 7) is 4.06. The van der Waals surface area contributed by atoms with Crippen molar-refractivity contribution in [3.05, 3.63) is 94.8 Å². The van der Waals surface area contributed by atoms with Crippen LogP contribution in [-0.2, 0) is 0 Å². The van der Waals surface area contributed by atoms with Gasteiger partial charge in [0, 0.05) is 5.56 Å². The van der Waals surface area contributed by atoms with Crippen LogP contribution in [0.25, 0.3) is 17.1 Å². The number of halogens is 1. The summed E-state index contributed by atoms with van der Waals surface area (Å²) >= 11 is 6.16. The number of aromatic nitrogens is 3. The van der Waals surface area contributed by atoms with E-state index in [0.717, 1.165) is 22.4 Å². The predicted octanol–water partition coefficient (Wildman–Crippen LogP) is 5.46. The zero-order chi connectivity index (χ0) is 20.4. The van der Waals surface area contributed by atoms with Crippen molar-refractivity contribution in [2.45, 2.75) is 13.8 Å². The number of nitrogens with zero attached hydrogens (tertiary/aromatic N) is 3. The van der Waals surface area contributed by atoms with Crippen LogP contribution >= 0.6 is 11.6 Å². The van der Waals surface area contributed by atoms with Gasteiger partial charge in [0.1, 0.15) is 0 Å². The average Bonchev–Trinajstić information content (AvgIpc) is 3.16. The molecule has 0 saturated carbocycles. The van der Waals surface area contributed by atoms with E-state index in [1.807, 2.05) is 56.3 Å². The lowest BCUT2D eigenvalue weighted by atomic mass is 10.1. The molecule has 0 saturated heterocycles. The number of benzene rings is 3. The highest BCUT2D eigenvalue weighted by molar-refractivity contribution is 6.33. The zero-order valence-corrected chi connectivity index (χ0v) is 16.8. The fraction of sp³-hybridized carbons (Fsp3) is 0.0870. The summed E-state index contributed by atoms with van der Waals surface area (Å²) in [7, 11) is 0. The van der Waals surface area contributed by atoms with Crippen LogP contribution in [0.4, 0.5) is 5.69 Å². The molecule has 0 aliphatic carbocycles. The van der Waals surface area contributed by atoms with E-state index >= 15 is 0 Å². The topological polar surface area (TPSA) is 59.8 Å². The smallest absolute Gasteiger partial charge is 0.295 e. The van der Waals surface area contributed by atoms with Gasteiger partial charge < -0.3 is 5.32 Å². The predicted molar refractivity (Wildman–Crippen MR) is 116 cm³/mol. The molecule has 6 heteroatoms. The number of para-hydroxylation sites is 1. The lowest BCUT2D eigenvalue weighted by Gasteiger charge is -2.09. The summed E-state index contributed by atoms with van der Waals surface area (Å²) in [5.41, 5.74) is 4.47. The first kappa shape index (κ1) is 18.9. The molecule has 1 heterocycles. The molecule has 0 bridgehead atoms. The number of aryl methyl sites for hydroxylation is 2. The van der Waals surface area contributed by atoms with Gasteiger partial charge in [-0.05, 0) is 37.6 Å². The van der Waals surface area contributed by atoms with E-state index in [4.69, 9.17) is 11.6 Å². The largest absolute Gasteiger partial charge is 0.318 e. The Hall–Kier alpha value is -3.44. The molecule has 0 fully saturated rings. The van der Waals surface area contributed by atoms with E-state index in [1.165, 1.54) is 0 Å². The van der Waals surface area contributed by atoms with Gasteiger partial charge in [-0.3, -0.25) is 4.79 Å². The first-order valence-corrected chi connectivity index (χ1v) is 9.57. The molecule has 29 heavy (non-hydrogen) atoms. The van der Waals surface area contributed by atoms with Crippen LogP contribution in [0, 0.1) is 13.8 Å². The third kappa shape index (κ3) is 3.91. The van der Waals surface area contributed by atoms with Crippen LogP contribution in [-0.4, -0.2) is 20.7 Å². The van der Waals surface area contributed by atoms with Crippen molar-refractivity contribution in [2.24, 2.45) is 0 Å². The van der Waals surface area contributed by atoms with Crippen molar-refractivity contribution in [3.8, 4) is 17.1 Å². The Morgan fingerprint density at radius 1 is 0.966 bits per heavy atom. The van der Waals surface area contributed by atoms with Crippen LogP contribution < -0.4 is 5.32 Å². The van der Waals surface area contributed by atoms with Gasteiger partial charge in [-0.15, -0.1) is 5.10 Å². The highest BCUT2D eigenvalue weighted by Crippen LogP contribution is 2.25. The van der Waals surface area contributed by atoms with Crippen molar-refractivity contribution in [3.63, 3.8) is 0 Å². The minimum absolute atomic E-state index is 0.0729. The molecule has 0 radical (unpaired) electrons. The van der Waals surface area contributed by atoms with Crippen molar-refractivity contribution in [1.29, 1.82) is 0 Å². The van der Waals surface area contributed by atoms with Crippen LogP contribution in [0.1, 0.15) is 21.7 Å². The highest BCUT2D eigenvalue weighted by Gasteiger charge is 2.20. The van der Waals surface area contributed by atoms with Gasteiger partial charge in [0.2, 0.25) is 5.82 Å². The van der Waals surface area contributed by atoms with Crippen LogP contribution in [0.2, 0.25) is 5.02 Å². The molecule has 0 atom stereocenters. The summed E-state index contributed by atoms with van der Waals surface area (Å²) in [5.74, 6) is 0.254. The van der Waals surface area contributed by atoms with Crippen LogP contribution in [0.15, 0.2) is 72.8 Å². The summed E-state index contributed by atoms with van der Waals surface area (Å²) in [4.78, 5) is 17.4. The summed E-state index contributed by atoms with van der Waals surface area (Å²) < 4.78 is 1.71. The number of nitrogens with one attached hydrogen (secondary N) is 1. The number of carbonyl (C=O) groups excluding carboxylic acids is 1. The molecule has 5 nitrogen and oxygen atoms in total. The Morgan fingerprint density at radius 2 is 1.69 bits per heavy atom. The lowest BCUT2D eigenvalue weighted by Crippen LogP contribution is -2.14. The number of rotatable bonds is 4. The average molecular weight is 403 g/mol. The van der Waals surface area contributed by atoms with Gasteiger partial charge >= 0.3 is 0 Å². The van der Waals surface area contributed by atoms with Gasteiger partial charge in [-0.25, -0.2) is 9.67 Å². The number of anilines is 1. The maximum Gasteiger partial charge on any atom is 0.295 e. The van der Waals surface area contributed by atoms with Gasteiger partial charge in [-0.2, -0.15) is 0 Å². The molecule has 1 N–H and O–H groups in total. The highest BCUT2D eigenvalue weighted by atomic mass is 35.5. The fourth-order valence-corrected chi connectivity index (χ4v) is 3.32. The Morgan fingerprint density at radius 3 is 2.41 bits per heavy atom. The zero-order valence-electron chi connectivity index (χ0n) is 16.1. The number of hydrogen-bond donors (Lipinski definition) is 1.